The van der Waals surface area contributed by atoms with Gasteiger partial charge in [0.1, 0.15) is 5.82 Å². The largest absolute Gasteiger partial charge is 0.310 e. The molecule has 1 aromatic rings. The zero-order valence-corrected chi connectivity index (χ0v) is 10.4. The Hall–Kier alpha value is -0.540. The van der Waals surface area contributed by atoms with Crippen molar-refractivity contribution in [2.45, 2.75) is 43.7 Å². The van der Waals surface area contributed by atoms with Gasteiger partial charge in [0.25, 0.3) is 0 Å². The maximum atomic E-state index is 13.7. The van der Waals surface area contributed by atoms with Crippen LogP contribution in [-0.2, 0) is 6.54 Å². The van der Waals surface area contributed by atoms with Gasteiger partial charge in [0.05, 0.1) is 0 Å². The summed E-state index contributed by atoms with van der Waals surface area (Å²) in [5.74, 6) is 0.908. The summed E-state index contributed by atoms with van der Waals surface area (Å²) in [6, 6.07) is 6.05. The Morgan fingerprint density at radius 1 is 1.44 bits per heavy atom. The lowest BCUT2D eigenvalue weighted by molar-refractivity contribution is 0.589. The van der Waals surface area contributed by atoms with Crippen LogP contribution in [0.2, 0.25) is 0 Å². The summed E-state index contributed by atoms with van der Waals surface area (Å²) in [6.07, 6.45) is 3.62. The molecule has 2 rings (SSSR count). The predicted molar refractivity (Wildman–Crippen MR) is 67.3 cm³/mol. The molecule has 1 saturated carbocycles. The van der Waals surface area contributed by atoms with Gasteiger partial charge in [0.15, 0.2) is 0 Å². The minimum absolute atomic E-state index is 0.0754. The van der Waals surface area contributed by atoms with Crippen molar-refractivity contribution >= 4 is 11.8 Å². The first kappa shape index (κ1) is 11.9. The van der Waals surface area contributed by atoms with Gasteiger partial charge in [-0.3, -0.25) is 0 Å². The molecule has 1 nitrogen and oxygen atoms in total. The van der Waals surface area contributed by atoms with Crippen LogP contribution in [0.25, 0.3) is 0 Å². The molecule has 0 atom stereocenters. The molecular formula is C13H18FNS. The summed E-state index contributed by atoms with van der Waals surface area (Å²) < 4.78 is 13.7. The third kappa shape index (κ3) is 3.22. The van der Waals surface area contributed by atoms with Crippen LogP contribution in [0, 0.1) is 5.82 Å². The number of nitrogens with one attached hydrogen (secondary N) is 1. The Balaban J connectivity index is 2.04. The predicted octanol–water partition coefficient (Wildman–Crippen LogP) is 3.58. The lowest BCUT2D eigenvalue weighted by Gasteiger charge is -2.10. The van der Waals surface area contributed by atoms with E-state index in [-0.39, 0.29) is 5.82 Å². The fourth-order valence-electron chi connectivity index (χ4n) is 1.60. The van der Waals surface area contributed by atoms with Gasteiger partial charge in [-0.25, -0.2) is 4.39 Å². The second-order valence-corrected chi connectivity index (χ2v) is 5.34. The van der Waals surface area contributed by atoms with E-state index < -0.39 is 0 Å². The Morgan fingerprint density at radius 2 is 2.25 bits per heavy atom. The monoisotopic (exact) mass is 239 g/mol. The van der Waals surface area contributed by atoms with Crippen LogP contribution >= 0.6 is 11.8 Å². The van der Waals surface area contributed by atoms with Crippen molar-refractivity contribution in [2.24, 2.45) is 0 Å². The van der Waals surface area contributed by atoms with Crippen molar-refractivity contribution in [1.29, 1.82) is 0 Å². The number of rotatable bonds is 6. The first-order valence-corrected chi connectivity index (χ1v) is 6.93. The molecule has 3 heteroatoms. The number of halogens is 1. The molecule has 0 bridgehead atoms. The highest BCUT2D eigenvalue weighted by Crippen LogP contribution is 2.27. The number of hydrogen-bond acceptors (Lipinski definition) is 2. The van der Waals surface area contributed by atoms with E-state index >= 15 is 0 Å². The Morgan fingerprint density at radius 3 is 2.94 bits per heavy atom. The topological polar surface area (TPSA) is 12.0 Å². The van der Waals surface area contributed by atoms with E-state index in [1.165, 1.54) is 12.8 Å². The fourth-order valence-corrected chi connectivity index (χ4v) is 2.54. The van der Waals surface area contributed by atoms with Gasteiger partial charge >= 0.3 is 0 Å². The first-order chi connectivity index (χ1) is 7.81. The minimum atomic E-state index is -0.0754. The van der Waals surface area contributed by atoms with Crippen LogP contribution < -0.4 is 5.32 Å². The van der Waals surface area contributed by atoms with E-state index in [9.17, 15) is 4.39 Å². The molecule has 16 heavy (non-hydrogen) atoms. The van der Waals surface area contributed by atoms with E-state index in [1.54, 1.807) is 23.9 Å². The number of thioether (sulfide) groups is 1. The van der Waals surface area contributed by atoms with Crippen molar-refractivity contribution in [2.75, 3.05) is 5.75 Å². The van der Waals surface area contributed by atoms with E-state index in [1.807, 2.05) is 6.07 Å². The smallest absolute Gasteiger partial charge is 0.137 e. The van der Waals surface area contributed by atoms with Crippen molar-refractivity contribution in [3.63, 3.8) is 0 Å². The zero-order valence-electron chi connectivity index (χ0n) is 9.63. The highest BCUT2D eigenvalue weighted by atomic mass is 32.2. The van der Waals surface area contributed by atoms with Gasteiger partial charge < -0.3 is 5.32 Å². The summed E-state index contributed by atoms with van der Waals surface area (Å²) >= 11 is 1.63. The normalized spacial score (nSPS) is 15.4. The summed E-state index contributed by atoms with van der Waals surface area (Å²) in [5, 5.41) is 3.44. The molecule has 1 aliphatic rings. The maximum absolute atomic E-state index is 13.7. The van der Waals surface area contributed by atoms with E-state index in [0.29, 0.717) is 6.04 Å². The molecule has 0 radical (unpaired) electrons. The lowest BCUT2D eigenvalue weighted by atomic mass is 10.2. The zero-order chi connectivity index (χ0) is 11.4. The molecule has 1 fully saturated rings. The highest BCUT2D eigenvalue weighted by molar-refractivity contribution is 7.99. The Bertz CT molecular complexity index is 350. The van der Waals surface area contributed by atoms with E-state index in [2.05, 4.69) is 12.2 Å². The van der Waals surface area contributed by atoms with Gasteiger partial charge in [-0.05, 0) is 36.6 Å². The first-order valence-electron chi connectivity index (χ1n) is 5.95. The molecule has 1 N–H and O–H groups in total. The number of hydrogen-bond donors (Lipinski definition) is 1. The molecule has 88 valence electrons. The van der Waals surface area contributed by atoms with Gasteiger partial charge in [-0.15, -0.1) is 11.8 Å². The third-order valence-electron chi connectivity index (χ3n) is 2.66. The maximum Gasteiger partial charge on any atom is 0.137 e. The molecule has 0 spiro atoms. The van der Waals surface area contributed by atoms with Crippen LogP contribution in [0.15, 0.2) is 23.1 Å². The second-order valence-electron chi connectivity index (χ2n) is 4.23. The average Bonchev–Trinajstić information content (AvgIpc) is 3.09. The minimum Gasteiger partial charge on any atom is -0.310 e. The van der Waals surface area contributed by atoms with E-state index in [0.717, 1.165) is 29.2 Å². The summed E-state index contributed by atoms with van der Waals surface area (Å²) in [5.41, 5.74) is 1.10. The highest BCUT2D eigenvalue weighted by Gasteiger charge is 2.20. The van der Waals surface area contributed by atoms with Crippen molar-refractivity contribution in [1.82, 2.24) is 5.32 Å². The van der Waals surface area contributed by atoms with Crippen LogP contribution in [-0.4, -0.2) is 11.8 Å². The SMILES string of the molecule is CCCSc1c(F)cccc1CNC1CC1. The van der Waals surface area contributed by atoms with Crippen molar-refractivity contribution < 1.29 is 4.39 Å². The van der Waals surface area contributed by atoms with Crippen LogP contribution in [0.5, 0.6) is 0 Å². The lowest BCUT2D eigenvalue weighted by Crippen LogP contribution is -2.16. The molecule has 0 amide bonds. The molecule has 1 aliphatic carbocycles. The molecule has 0 heterocycles. The molecule has 0 aliphatic heterocycles. The quantitative estimate of drug-likeness (QED) is 0.761. The Kier molecular flexibility index (Phi) is 4.24. The third-order valence-corrected chi connectivity index (χ3v) is 4.02. The van der Waals surface area contributed by atoms with E-state index in [4.69, 9.17) is 0 Å². The van der Waals surface area contributed by atoms with Crippen LogP contribution in [0.3, 0.4) is 0 Å². The standard InChI is InChI=1S/C13H18FNS/c1-2-8-16-13-10(4-3-5-12(13)14)9-15-11-6-7-11/h3-5,11,15H,2,6-9H2,1H3. The summed E-state index contributed by atoms with van der Waals surface area (Å²) in [7, 11) is 0. The Labute approximate surface area is 101 Å². The average molecular weight is 239 g/mol. The van der Waals surface area contributed by atoms with Gasteiger partial charge in [0, 0.05) is 17.5 Å². The molecular weight excluding hydrogens is 221 g/mol. The second kappa shape index (κ2) is 5.69. The summed E-state index contributed by atoms with van der Waals surface area (Å²) in [6.45, 7) is 2.92. The van der Waals surface area contributed by atoms with Crippen LogP contribution in [0.1, 0.15) is 31.7 Å². The summed E-state index contributed by atoms with van der Waals surface area (Å²) in [4.78, 5) is 0.831. The van der Waals surface area contributed by atoms with Gasteiger partial charge in [-0.2, -0.15) is 0 Å². The molecule has 0 aromatic heterocycles. The number of benzene rings is 1. The van der Waals surface area contributed by atoms with Gasteiger partial charge in [-0.1, -0.05) is 19.1 Å². The molecule has 0 unspecified atom stereocenters. The van der Waals surface area contributed by atoms with Crippen LogP contribution in [0.4, 0.5) is 4.39 Å². The van der Waals surface area contributed by atoms with Crippen molar-refractivity contribution in [3.8, 4) is 0 Å². The van der Waals surface area contributed by atoms with Gasteiger partial charge in [0.2, 0.25) is 0 Å². The van der Waals surface area contributed by atoms with Crippen molar-refractivity contribution in [3.05, 3.63) is 29.6 Å². The molecule has 1 aromatic carbocycles. The molecule has 0 saturated heterocycles. The fraction of sp³-hybridized carbons (Fsp3) is 0.538.